The average molecular weight is 301 g/mol. The molecule has 0 saturated heterocycles. The molecular weight excluding hydrogens is 274 g/mol. The molecule has 0 aliphatic carbocycles. The fourth-order valence-corrected chi connectivity index (χ4v) is 3.67. The van der Waals surface area contributed by atoms with Crippen molar-refractivity contribution in [1.29, 1.82) is 0 Å². The highest BCUT2D eigenvalue weighted by Gasteiger charge is 2.15. The first-order valence-electron chi connectivity index (χ1n) is 8.09. The van der Waals surface area contributed by atoms with Crippen molar-refractivity contribution in [1.82, 2.24) is 5.32 Å². The molecule has 2 atom stereocenters. The summed E-state index contributed by atoms with van der Waals surface area (Å²) in [5, 5.41) is 6.37. The van der Waals surface area contributed by atoms with E-state index in [0.29, 0.717) is 6.04 Å². The molecule has 0 bridgehead atoms. The van der Waals surface area contributed by atoms with E-state index in [0.717, 1.165) is 18.2 Å². The first kappa shape index (κ1) is 16.4. The van der Waals surface area contributed by atoms with Gasteiger partial charge in [0.2, 0.25) is 0 Å². The van der Waals surface area contributed by atoms with Gasteiger partial charge in [0.05, 0.1) is 0 Å². The van der Waals surface area contributed by atoms with Crippen LogP contribution in [0.1, 0.15) is 33.6 Å². The second kappa shape index (κ2) is 8.45. The van der Waals surface area contributed by atoms with Crippen LogP contribution in [0.15, 0.2) is 47.4 Å². The standard InChI is InChI=1S/C19H27NS/c1-4-12-20-19(15(3)5-2)14-21-18-11-10-16-8-6-7-9-17(16)13-18/h6-11,13,15,19-20H,4-5,12,14H2,1-3H3. The molecule has 2 heteroatoms. The van der Waals surface area contributed by atoms with Crippen LogP contribution < -0.4 is 5.32 Å². The molecule has 0 saturated carbocycles. The maximum absolute atomic E-state index is 3.71. The van der Waals surface area contributed by atoms with Gasteiger partial charge < -0.3 is 5.32 Å². The van der Waals surface area contributed by atoms with Gasteiger partial charge in [-0.05, 0) is 41.8 Å². The van der Waals surface area contributed by atoms with Crippen molar-refractivity contribution in [3.63, 3.8) is 0 Å². The van der Waals surface area contributed by atoms with Crippen LogP contribution in [0.25, 0.3) is 10.8 Å². The van der Waals surface area contributed by atoms with E-state index in [4.69, 9.17) is 0 Å². The third-order valence-electron chi connectivity index (χ3n) is 4.14. The number of thioether (sulfide) groups is 1. The zero-order chi connectivity index (χ0) is 15.1. The minimum atomic E-state index is 0.603. The molecule has 2 aromatic carbocycles. The lowest BCUT2D eigenvalue weighted by Crippen LogP contribution is -2.37. The van der Waals surface area contributed by atoms with Crippen LogP contribution >= 0.6 is 11.8 Å². The van der Waals surface area contributed by atoms with Gasteiger partial charge in [0.15, 0.2) is 0 Å². The van der Waals surface area contributed by atoms with Crippen LogP contribution in [0.3, 0.4) is 0 Å². The molecule has 21 heavy (non-hydrogen) atoms. The minimum absolute atomic E-state index is 0.603. The molecule has 0 aliphatic heterocycles. The summed E-state index contributed by atoms with van der Waals surface area (Å²) in [6, 6.07) is 16.0. The summed E-state index contributed by atoms with van der Waals surface area (Å²) in [5.74, 6) is 1.87. The summed E-state index contributed by atoms with van der Waals surface area (Å²) >= 11 is 1.98. The highest BCUT2D eigenvalue weighted by Crippen LogP contribution is 2.25. The largest absolute Gasteiger partial charge is 0.313 e. The van der Waals surface area contributed by atoms with E-state index >= 15 is 0 Å². The third-order valence-corrected chi connectivity index (χ3v) is 5.25. The Labute approximate surface area is 133 Å². The Morgan fingerprint density at radius 3 is 2.52 bits per heavy atom. The summed E-state index contributed by atoms with van der Waals surface area (Å²) in [5.41, 5.74) is 0. The molecule has 114 valence electrons. The SMILES string of the molecule is CCCNC(CSc1ccc2ccccc2c1)C(C)CC. The molecule has 1 nitrogen and oxygen atoms in total. The van der Waals surface area contributed by atoms with Gasteiger partial charge in [0.25, 0.3) is 0 Å². The van der Waals surface area contributed by atoms with Crippen LogP contribution in [0, 0.1) is 5.92 Å². The van der Waals surface area contributed by atoms with Crippen LogP contribution in [0.2, 0.25) is 0 Å². The van der Waals surface area contributed by atoms with Crippen molar-refractivity contribution in [2.24, 2.45) is 5.92 Å². The van der Waals surface area contributed by atoms with Crippen LogP contribution in [0.5, 0.6) is 0 Å². The second-order valence-corrected chi connectivity index (χ2v) is 6.86. The van der Waals surface area contributed by atoms with Gasteiger partial charge in [-0.3, -0.25) is 0 Å². The van der Waals surface area contributed by atoms with Gasteiger partial charge in [-0.2, -0.15) is 0 Å². The van der Waals surface area contributed by atoms with Crippen LogP contribution in [-0.4, -0.2) is 18.3 Å². The molecule has 2 rings (SSSR count). The second-order valence-electron chi connectivity index (χ2n) is 5.77. The maximum Gasteiger partial charge on any atom is 0.0187 e. The molecule has 0 aromatic heterocycles. The molecule has 2 aromatic rings. The lowest BCUT2D eigenvalue weighted by molar-refractivity contribution is 0.397. The van der Waals surface area contributed by atoms with Crippen molar-refractivity contribution in [3.05, 3.63) is 42.5 Å². The summed E-state index contributed by atoms with van der Waals surface area (Å²) in [6.07, 6.45) is 2.44. The van der Waals surface area contributed by atoms with E-state index in [-0.39, 0.29) is 0 Å². The van der Waals surface area contributed by atoms with E-state index in [2.05, 4.69) is 68.6 Å². The quantitative estimate of drug-likeness (QED) is 0.660. The van der Waals surface area contributed by atoms with E-state index in [1.54, 1.807) is 0 Å². The van der Waals surface area contributed by atoms with Gasteiger partial charge in [-0.25, -0.2) is 0 Å². The van der Waals surface area contributed by atoms with Crippen molar-refractivity contribution in [2.75, 3.05) is 12.3 Å². The van der Waals surface area contributed by atoms with Crippen LogP contribution in [-0.2, 0) is 0 Å². The first-order valence-corrected chi connectivity index (χ1v) is 9.08. The Bertz CT molecular complexity index is 552. The Balaban J connectivity index is 2.00. The molecular formula is C19H27NS. The molecule has 0 spiro atoms. The predicted octanol–water partition coefficient (Wildman–Crippen LogP) is 5.35. The van der Waals surface area contributed by atoms with E-state index in [1.165, 1.54) is 28.5 Å². The zero-order valence-electron chi connectivity index (χ0n) is 13.4. The summed E-state index contributed by atoms with van der Waals surface area (Å²) < 4.78 is 0. The van der Waals surface area contributed by atoms with Gasteiger partial charge in [-0.15, -0.1) is 11.8 Å². The summed E-state index contributed by atoms with van der Waals surface area (Å²) in [6.45, 7) is 7.99. The predicted molar refractivity (Wildman–Crippen MR) is 96.2 cm³/mol. The van der Waals surface area contributed by atoms with Crippen molar-refractivity contribution in [2.45, 2.75) is 44.6 Å². The Morgan fingerprint density at radius 1 is 1.05 bits per heavy atom. The van der Waals surface area contributed by atoms with E-state index < -0.39 is 0 Å². The zero-order valence-corrected chi connectivity index (χ0v) is 14.2. The molecule has 0 heterocycles. The molecule has 0 fully saturated rings. The Kier molecular flexibility index (Phi) is 6.59. The van der Waals surface area contributed by atoms with Gasteiger partial charge in [0, 0.05) is 16.7 Å². The monoisotopic (exact) mass is 301 g/mol. The Hall–Kier alpha value is -0.990. The molecule has 2 unspecified atom stereocenters. The third kappa shape index (κ3) is 4.76. The molecule has 0 aliphatic rings. The highest BCUT2D eigenvalue weighted by molar-refractivity contribution is 7.99. The topological polar surface area (TPSA) is 12.0 Å². The molecule has 0 amide bonds. The average Bonchev–Trinajstić information content (AvgIpc) is 2.54. The van der Waals surface area contributed by atoms with E-state index in [9.17, 15) is 0 Å². The number of hydrogen-bond donors (Lipinski definition) is 1. The van der Waals surface area contributed by atoms with Crippen molar-refractivity contribution < 1.29 is 0 Å². The summed E-state index contributed by atoms with van der Waals surface area (Å²) in [7, 11) is 0. The first-order chi connectivity index (χ1) is 10.2. The smallest absolute Gasteiger partial charge is 0.0187 e. The van der Waals surface area contributed by atoms with Crippen LogP contribution in [0.4, 0.5) is 0 Å². The lowest BCUT2D eigenvalue weighted by Gasteiger charge is -2.24. The minimum Gasteiger partial charge on any atom is -0.313 e. The van der Waals surface area contributed by atoms with Gasteiger partial charge >= 0.3 is 0 Å². The maximum atomic E-state index is 3.71. The number of fused-ring (bicyclic) bond motifs is 1. The molecule has 1 N–H and O–H groups in total. The lowest BCUT2D eigenvalue weighted by atomic mass is 10.0. The highest BCUT2D eigenvalue weighted by atomic mass is 32.2. The molecule has 0 radical (unpaired) electrons. The Morgan fingerprint density at radius 2 is 1.81 bits per heavy atom. The normalized spacial score (nSPS) is 14.2. The number of nitrogens with one attached hydrogen (secondary N) is 1. The van der Waals surface area contributed by atoms with Gasteiger partial charge in [0.1, 0.15) is 0 Å². The fraction of sp³-hybridized carbons (Fsp3) is 0.474. The number of benzene rings is 2. The van der Waals surface area contributed by atoms with Crippen molar-refractivity contribution >= 4 is 22.5 Å². The van der Waals surface area contributed by atoms with E-state index in [1.807, 2.05) is 11.8 Å². The van der Waals surface area contributed by atoms with Crippen molar-refractivity contribution in [3.8, 4) is 0 Å². The number of rotatable bonds is 8. The number of hydrogen-bond acceptors (Lipinski definition) is 2. The summed E-state index contributed by atoms with van der Waals surface area (Å²) in [4.78, 5) is 1.38. The van der Waals surface area contributed by atoms with Gasteiger partial charge in [-0.1, -0.05) is 57.5 Å². The fourth-order valence-electron chi connectivity index (χ4n) is 2.48.